The van der Waals surface area contributed by atoms with Gasteiger partial charge in [0.15, 0.2) is 36.4 Å². The molecule has 2 heterocycles. The molecule has 13 heteroatoms. The first kappa shape index (κ1) is 22.3. The smallest absolute Gasteiger partial charge is 0.382 e. The van der Waals surface area contributed by atoms with Crippen molar-refractivity contribution in [2.75, 3.05) is 44.6 Å². The lowest BCUT2D eigenvalue weighted by Gasteiger charge is -2.35. The summed E-state index contributed by atoms with van der Waals surface area (Å²) in [7, 11) is 0.489. The number of rotatable bonds is 9. The van der Waals surface area contributed by atoms with Gasteiger partial charge in [-0.2, -0.15) is 9.97 Å². The number of fused-ring (bicyclic) bond motifs is 1. The Morgan fingerprint density at radius 2 is 2.11 bits per heavy atom. The van der Waals surface area contributed by atoms with Crippen molar-refractivity contribution in [1.29, 1.82) is 0 Å². The fourth-order valence-electron chi connectivity index (χ4n) is 2.59. The molecule has 156 valence electrons. The van der Waals surface area contributed by atoms with E-state index in [1.807, 2.05) is 6.92 Å². The van der Waals surface area contributed by atoms with Crippen LogP contribution in [0.15, 0.2) is 6.33 Å². The van der Waals surface area contributed by atoms with E-state index < -0.39 is 32.4 Å². The maximum atomic E-state index is 15.6. The van der Waals surface area contributed by atoms with Gasteiger partial charge in [-0.05, 0) is 18.4 Å². The molecule has 2 rings (SSSR count). The summed E-state index contributed by atoms with van der Waals surface area (Å²) in [4.78, 5) is 13.9. The zero-order chi connectivity index (χ0) is 21.3. The van der Waals surface area contributed by atoms with Crippen LogP contribution in [-0.4, -0.2) is 70.6 Å². The van der Waals surface area contributed by atoms with Gasteiger partial charge in [0, 0.05) is 20.7 Å². The largest absolute Gasteiger partial charge is 0.505 e. The van der Waals surface area contributed by atoms with E-state index in [9.17, 15) is 9.67 Å². The molecule has 4 atom stereocenters. The number of imidazole rings is 1. The van der Waals surface area contributed by atoms with Gasteiger partial charge >= 0.3 is 8.03 Å². The standard InChI is InChI=1S/C15H24F2N6O4P/c1-6-22(3)10-9-11(21-13(18)20-10)23(8-19-9)14(2,16)12(24)15(17,26-4)7-27-28(5)25/h8,12,24H,6-7H2,1-5H3,(H2,18,20,21)/q+1/t12?,14-,15+/m0/s1. The predicted molar refractivity (Wildman–Crippen MR) is 99.8 cm³/mol. The Hall–Kier alpha value is -2.01. The van der Waals surface area contributed by atoms with E-state index in [1.165, 1.54) is 6.66 Å². The number of alkyl halides is 2. The molecule has 0 saturated heterocycles. The van der Waals surface area contributed by atoms with Crippen molar-refractivity contribution >= 4 is 31.0 Å². The highest BCUT2D eigenvalue weighted by Gasteiger charge is 2.53. The van der Waals surface area contributed by atoms with Gasteiger partial charge in [-0.15, -0.1) is 4.52 Å². The van der Waals surface area contributed by atoms with Crippen LogP contribution in [0.25, 0.3) is 11.2 Å². The Bertz CT molecular complexity index is 866. The summed E-state index contributed by atoms with van der Waals surface area (Å²) in [6, 6.07) is 0. The van der Waals surface area contributed by atoms with E-state index in [0.717, 1.165) is 24.9 Å². The number of nitrogen functional groups attached to an aromatic ring is 1. The normalized spacial score (nSPS) is 17.8. The van der Waals surface area contributed by atoms with Gasteiger partial charge in [-0.1, -0.05) is 0 Å². The van der Waals surface area contributed by atoms with E-state index >= 15 is 8.78 Å². The zero-order valence-corrected chi connectivity index (χ0v) is 17.2. The number of anilines is 2. The van der Waals surface area contributed by atoms with Crippen molar-refractivity contribution < 1.29 is 27.7 Å². The minimum absolute atomic E-state index is 0.0345. The third-order valence-corrected chi connectivity index (χ3v) is 4.88. The molecule has 0 aliphatic rings. The molecule has 0 aliphatic carbocycles. The second kappa shape index (κ2) is 8.16. The maximum absolute atomic E-state index is 15.6. The first-order valence-electron chi connectivity index (χ1n) is 8.34. The summed E-state index contributed by atoms with van der Waals surface area (Å²) in [6.45, 7) is 3.63. The Labute approximate surface area is 161 Å². The van der Waals surface area contributed by atoms with Gasteiger partial charge in [-0.3, -0.25) is 4.57 Å². The Kier molecular flexibility index (Phi) is 6.49. The van der Waals surface area contributed by atoms with Crippen LogP contribution in [0.2, 0.25) is 0 Å². The molecule has 0 saturated carbocycles. The van der Waals surface area contributed by atoms with Gasteiger partial charge in [0.25, 0.3) is 5.85 Å². The molecule has 2 aromatic heterocycles. The van der Waals surface area contributed by atoms with Crippen molar-refractivity contribution in [3.63, 3.8) is 0 Å². The van der Waals surface area contributed by atoms with Crippen LogP contribution < -0.4 is 10.6 Å². The van der Waals surface area contributed by atoms with Crippen LogP contribution in [0, 0.1) is 0 Å². The molecule has 10 nitrogen and oxygen atoms in total. The number of ether oxygens (including phenoxy) is 1. The van der Waals surface area contributed by atoms with Gasteiger partial charge in [0.05, 0.1) is 6.33 Å². The summed E-state index contributed by atoms with van der Waals surface area (Å²) in [6.07, 6.45) is -1.31. The SMILES string of the molecule is CCN(C)c1nc(N)nc2c1ncn2[C@](C)(F)C(O)[C@@](F)(CO[P+](C)=O)OC. The highest BCUT2D eigenvalue weighted by molar-refractivity contribution is 7.38. The maximum Gasteiger partial charge on any atom is 0.505 e. The average Bonchev–Trinajstić information content (AvgIpc) is 3.08. The van der Waals surface area contributed by atoms with Crippen LogP contribution in [0.5, 0.6) is 0 Å². The van der Waals surface area contributed by atoms with Crippen LogP contribution in [-0.2, 0) is 19.6 Å². The van der Waals surface area contributed by atoms with E-state index in [-0.39, 0.29) is 17.1 Å². The van der Waals surface area contributed by atoms with Gasteiger partial charge in [0.1, 0.15) is 0 Å². The number of hydrogen-bond donors (Lipinski definition) is 2. The highest BCUT2D eigenvalue weighted by atomic mass is 31.1. The van der Waals surface area contributed by atoms with Crippen LogP contribution in [0.4, 0.5) is 20.5 Å². The van der Waals surface area contributed by atoms with E-state index in [1.54, 1.807) is 11.9 Å². The molecule has 0 aliphatic heterocycles. The third kappa shape index (κ3) is 4.04. The molecule has 2 aromatic rings. The summed E-state index contributed by atoms with van der Waals surface area (Å²) in [5.41, 5.74) is 5.92. The first-order chi connectivity index (χ1) is 13.0. The van der Waals surface area contributed by atoms with Crippen LogP contribution >= 0.6 is 8.03 Å². The molecule has 0 aromatic carbocycles. The lowest BCUT2D eigenvalue weighted by Crippen LogP contribution is -2.54. The average molecular weight is 421 g/mol. The van der Waals surface area contributed by atoms with E-state index in [4.69, 9.17) is 10.3 Å². The fourth-order valence-corrected chi connectivity index (χ4v) is 2.95. The second-order valence-corrected chi connectivity index (χ2v) is 7.47. The first-order valence-corrected chi connectivity index (χ1v) is 9.97. The van der Waals surface area contributed by atoms with Crippen LogP contribution in [0.1, 0.15) is 13.8 Å². The highest BCUT2D eigenvalue weighted by Crippen LogP contribution is 2.37. The van der Waals surface area contributed by atoms with Crippen molar-refractivity contribution in [1.82, 2.24) is 19.5 Å². The second-order valence-electron chi connectivity index (χ2n) is 6.34. The molecule has 2 unspecified atom stereocenters. The fraction of sp³-hybridized carbons (Fsp3) is 0.667. The van der Waals surface area contributed by atoms with Gasteiger partial charge in [-0.25, -0.2) is 13.8 Å². The zero-order valence-electron chi connectivity index (χ0n) is 16.3. The van der Waals surface area contributed by atoms with Gasteiger partial charge in [0.2, 0.25) is 11.7 Å². The monoisotopic (exact) mass is 421 g/mol. The number of aliphatic hydroxyl groups is 1. The number of hydrogen-bond acceptors (Lipinski definition) is 9. The Morgan fingerprint density at radius 1 is 1.46 bits per heavy atom. The Morgan fingerprint density at radius 3 is 2.64 bits per heavy atom. The number of nitrogens with zero attached hydrogens (tertiary/aromatic N) is 5. The lowest BCUT2D eigenvalue weighted by molar-refractivity contribution is -0.252. The van der Waals surface area contributed by atoms with Crippen molar-refractivity contribution in [3.8, 4) is 0 Å². The lowest BCUT2D eigenvalue weighted by atomic mass is 10.0. The minimum Gasteiger partial charge on any atom is -0.382 e. The summed E-state index contributed by atoms with van der Waals surface area (Å²) in [5, 5.41) is 10.5. The summed E-state index contributed by atoms with van der Waals surface area (Å²) >= 11 is 0. The van der Waals surface area contributed by atoms with Gasteiger partial charge < -0.3 is 20.5 Å². The summed E-state index contributed by atoms with van der Waals surface area (Å²) < 4.78 is 52.0. The van der Waals surface area contributed by atoms with E-state index in [2.05, 4.69) is 19.7 Å². The molecule has 0 amide bonds. The van der Waals surface area contributed by atoms with Crippen LogP contribution in [0.3, 0.4) is 0 Å². The topological polar surface area (TPSA) is 129 Å². The predicted octanol–water partition coefficient (Wildman–Crippen LogP) is 1.57. The molecule has 3 N–H and O–H groups in total. The number of methoxy groups -OCH3 is 1. The Balaban J connectivity index is 2.54. The summed E-state index contributed by atoms with van der Waals surface area (Å²) in [5.74, 6) is -5.54. The van der Waals surface area contributed by atoms with Crippen molar-refractivity contribution in [3.05, 3.63) is 6.33 Å². The minimum atomic E-state index is -2.98. The molecule has 0 bridgehead atoms. The number of halogens is 2. The third-order valence-electron chi connectivity index (χ3n) is 4.39. The molecular formula is C15H24F2N6O4P+. The molecule has 28 heavy (non-hydrogen) atoms. The quantitative estimate of drug-likeness (QED) is 0.580. The molecular weight excluding hydrogens is 397 g/mol. The number of aromatic nitrogens is 4. The van der Waals surface area contributed by atoms with E-state index in [0.29, 0.717) is 12.4 Å². The van der Waals surface area contributed by atoms with Crippen molar-refractivity contribution in [2.45, 2.75) is 31.6 Å². The molecule has 0 fully saturated rings. The molecule has 0 spiro atoms. The number of aliphatic hydroxyl groups excluding tert-OH is 1. The molecule has 0 radical (unpaired) electrons. The van der Waals surface area contributed by atoms with Crippen molar-refractivity contribution in [2.24, 2.45) is 0 Å². The number of nitrogens with two attached hydrogens (primary N) is 1.